The number of para-hydroxylation sites is 2. The lowest BCUT2D eigenvalue weighted by atomic mass is 9.89. The molecule has 0 radical (unpaired) electrons. The highest BCUT2D eigenvalue weighted by Crippen LogP contribution is 2.48. The van der Waals surface area contributed by atoms with Crippen LogP contribution in [0.1, 0.15) is 0 Å². The Labute approximate surface area is 333 Å². The number of benzene rings is 10. The van der Waals surface area contributed by atoms with Gasteiger partial charge in [-0.2, -0.15) is 0 Å². The molecule has 2 nitrogen and oxygen atoms in total. The van der Waals surface area contributed by atoms with E-state index in [1.54, 1.807) is 0 Å². The molecule has 0 aliphatic rings. The Morgan fingerprint density at radius 2 is 0.930 bits per heavy atom. The van der Waals surface area contributed by atoms with Crippen LogP contribution in [-0.4, -0.2) is 4.57 Å². The Bertz CT molecular complexity index is 3520. The summed E-state index contributed by atoms with van der Waals surface area (Å²) in [6, 6.07) is 75.8. The quantitative estimate of drug-likeness (QED) is 0.159. The summed E-state index contributed by atoms with van der Waals surface area (Å²) in [5.74, 6) is 0. The normalized spacial score (nSPS) is 11.9. The van der Waals surface area contributed by atoms with Gasteiger partial charge in [0.05, 0.1) is 11.0 Å². The zero-order valence-electron chi connectivity index (χ0n) is 30.9. The molecule has 0 N–H and O–H groups in total. The molecule has 0 bridgehead atoms. The average molecular weight is 743 g/mol. The van der Waals surface area contributed by atoms with Gasteiger partial charge in [0, 0.05) is 59.1 Å². The highest BCUT2D eigenvalue weighted by atomic mass is 32.1. The Kier molecular flexibility index (Phi) is 7.13. The number of rotatable bonds is 5. The molecule has 0 aliphatic heterocycles. The lowest BCUT2D eigenvalue weighted by Gasteiger charge is -2.26. The van der Waals surface area contributed by atoms with Gasteiger partial charge in [0.1, 0.15) is 0 Å². The van der Waals surface area contributed by atoms with E-state index in [-0.39, 0.29) is 0 Å². The van der Waals surface area contributed by atoms with Gasteiger partial charge >= 0.3 is 0 Å². The molecule has 2 heterocycles. The minimum atomic E-state index is 1.11. The van der Waals surface area contributed by atoms with Crippen molar-refractivity contribution < 1.29 is 0 Å². The van der Waals surface area contributed by atoms with Gasteiger partial charge in [0.2, 0.25) is 0 Å². The van der Waals surface area contributed by atoms with Crippen molar-refractivity contribution in [2.24, 2.45) is 0 Å². The second-order valence-electron chi connectivity index (χ2n) is 14.9. The van der Waals surface area contributed by atoms with Gasteiger partial charge in [-0.25, -0.2) is 0 Å². The van der Waals surface area contributed by atoms with Crippen LogP contribution in [0.15, 0.2) is 206 Å². The Morgan fingerprint density at radius 3 is 1.74 bits per heavy atom. The van der Waals surface area contributed by atoms with Crippen molar-refractivity contribution >= 4 is 103 Å². The largest absolute Gasteiger partial charge is 0.310 e. The van der Waals surface area contributed by atoms with Crippen LogP contribution in [0, 0.1) is 0 Å². The van der Waals surface area contributed by atoms with Gasteiger partial charge in [-0.3, -0.25) is 0 Å². The predicted molar refractivity (Wildman–Crippen MR) is 246 cm³/mol. The second kappa shape index (κ2) is 12.7. The fraction of sp³-hybridized carbons (Fsp3) is 0. The summed E-state index contributed by atoms with van der Waals surface area (Å²) in [5, 5.41) is 12.6. The minimum Gasteiger partial charge on any atom is -0.310 e. The first-order valence-corrected chi connectivity index (χ1v) is 20.3. The van der Waals surface area contributed by atoms with Crippen molar-refractivity contribution in [2.45, 2.75) is 0 Å². The third-order valence-corrected chi connectivity index (χ3v) is 12.8. The number of hydrogen-bond donors (Lipinski definition) is 0. The van der Waals surface area contributed by atoms with Gasteiger partial charge in [0.15, 0.2) is 0 Å². The molecule has 0 saturated carbocycles. The first-order valence-electron chi connectivity index (χ1n) is 19.5. The van der Waals surface area contributed by atoms with Gasteiger partial charge in [-0.1, -0.05) is 133 Å². The summed E-state index contributed by atoms with van der Waals surface area (Å²) in [6.45, 7) is 0. The van der Waals surface area contributed by atoms with Gasteiger partial charge in [-0.15, -0.1) is 11.3 Å². The molecule has 0 amide bonds. The van der Waals surface area contributed by atoms with Crippen LogP contribution >= 0.6 is 11.3 Å². The second-order valence-corrected chi connectivity index (χ2v) is 16.0. The van der Waals surface area contributed by atoms with Crippen molar-refractivity contribution in [1.29, 1.82) is 0 Å². The fourth-order valence-corrected chi connectivity index (χ4v) is 10.4. The Morgan fingerprint density at radius 1 is 0.351 bits per heavy atom. The zero-order chi connectivity index (χ0) is 37.5. The number of hydrogen-bond acceptors (Lipinski definition) is 2. The number of aromatic nitrogens is 1. The highest BCUT2D eigenvalue weighted by Gasteiger charge is 2.23. The summed E-state index contributed by atoms with van der Waals surface area (Å²) < 4.78 is 5.08. The standard InChI is InChI=1S/C54H34N2S/c1-3-17-37(18-4-1)55(40-27-29-46-45-25-13-14-26-51(45)57-52(46)34-40)39-28-30-50-49(33-39)53-48(47-31-35-15-7-9-21-41(35)43-23-11-12-24-44(43)47)32-36-16-8-10-22-42(36)54(53)56(50)38-19-5-2-6-20-38/h1-34H. The fourth-order valence-electron chi connectivity index (χ4n) is 9.22. The number of anilines is 3. The third kappa shape index (κ3) is 4.96. The van der Waals surface area contributed by atoms with Crippen molar-refractivity contribution in [3.05, 3.63) is 206 Å². The first kappa shape index (κ1) is 32.1. The van der Waals surface area contributed by atoms with E-state index < -0.39 is 0 Å². The molecule has 12 aromatic rings. The van der Waals surface area contributed by atoms with E-state index in [4.69, 9.17) is 0 Å². The molecule has 0 atom stereocenters. The lowest BCUT2D eigenvalue weighted by Crippen LogP contribution is -2.09. The van der Waals surface area contributed by atoms with Gasteiger partial charge < -0.3 is 9.47 Å². The van der Waals surface area contributed by atoms with Crippen LogP contribution in [-0.2, 0) is 0 Å². The van der Waals surface area contributed by atoms with Crippen molar-refractivity contribution in [3.8, 4) is 16.8 Å². The van der Waals surface area contributed by atoms with Crippen LogP contribution in [0.4, 0.5) is 17.1 Å². The van der Waals surface area contributed by atoms with E-state index in [0.717, 1.165) is 22.7 Å². The molecule has 3 heteroatoms. The SMILES string of the molecule is c1ccc(N(c2ccc3c(c2)sc2ccccc23)c2ccc3c(c2)c2c(-c4cc5ccccc5c5ccccc45)cc4ccccc4c2n3-c2ccccc2)cc1. The molecule has 266 valence electrons. The topological polar surface area (TPSA) is 8.17 Å². The van der Waals surface area contributed by atoms with Crippen LogP contribution in [0.25, 0.3) is 91.1 Å². The van der Waals surface area contributed by atoms with E-state index >= 15 is 0 Å². The van der Waals surface area contributed by atoms with E-state index in [1.807, 2.05) is 11.3 Å². The number of fused-ring (bicyclic) bond motifs is 11. The first-order chi connectivity index (χ1) is 28.3. The molecule has 10 aromatic carbocycles. The van der Waals surface area contributed by atoms with Crippen molar-refractivity contribution in [2.75, 3.05) is 4.90 Å². The Balaban J connectivity index is 1.21. The molecule has 0 saturated heterocycles. The van der Waals surface area contributed by atoms with Crippen molar-refractivity contribution in [1.82, 2.24) is 4.57 Å². The predicted octanol–water partition coefficient (Wildman–Crippen LogP) is 15.7. The van der Waals surface area contributed by atoms with Crippen LogP contribution in [0.2, 0.25) is 0 Å². The van der Waals surface area contributed by atoms with Gasteiger partial charge in [0.25, 0.3) is 0 Å². The van der Waals surface area contributed by atoms with Gasteiger partial charge in [-0.05, 0) is 111 Å². The number of nitrogens with zero attached hydrogens (tertiary/aromatic N) is 2. The van der Waals surface area contributed by atoms with Crippen LogP contribution < -0.4 is 4.90 Å². The van der Waals surface area contributed by atoms with E-state index in [2.05, 4.69) is 216 Å². The van der Waals surface area contributed by atoms with E-state index in [9.17, 15) is 0 Å². The minimum absolute atomic E-state index is 1.11. The summed E-state index contributed by atoms with van der Waals surface area (Å²) in [6.07, 6.45) is 0. The van der Waals surface area contributed by atoms with E-state index in [1.165, 1.54) is 85.4 Å². The van der Waals surface area contributed by atoms with Crippen LogP contribution in [0.3, 0.4) is 0 Å². The summed E-state index contributed by atoms with van der Waals surface area (Å²) >= 11 is 1.86. The number of thiophene rings is 1. The molecule has 0 aliphatic carbocycles. The lowest BCUT2D eigenvalue weighted by molar-refractivity contribution is 1.18. The third-order valence-electron chi connectivity index (χ3n) is 11.7. The summed E-state index contributed by atoms with van der Waals surface area (Å²) in [5.41, 5.74) is 9.39. The molecule has 57 heavy (non-hydrogen) atoms. The highest BCUT2D eigenvalue weighted by molar-refractivity contribution is 7.25. The smallest absolute Gasteiger partial charge is 0.0625 e. The molecule has 0 unspecified atom stereocenters. The van der Waals surface area contributed by atoms with E-state index in [0.29, 0.717) is 0 Å². The monoisotopic (exact) mass is 742 g/mol. The molecular formula is C54H34N2S. The molecule has 2 aromatic heterocycles. The maximum Gasteiger partial charge on any atom is 0.0625 e. The molecule has 0 spiro atoms. The summed E-state index contributed by atoms with van der Waals surface area (Å²) in [4.78, 5) is 2.42. The average Bonchev–Trinajstić information content (AvgIpc) is 3.82. The summed E-state index contributed by atoms with van der Waals surface area (Å²) in [7, 11) is 0. The maximum atomic E-state index is 2.49. The van der Waals surface area contributed by atoms with Crippen molar-refractivity contribution in [3.63, 3.8) is 0 Å². The van der Waals surface area contributed by atoms with Crippen LogP contribution in [0.5, 0.6) is 0 Å². The maximum absolute atomic E-state index is 2.49. The Hall–Kier alpha value is -7.20. The zero-order valence-corrected chi connectivity index (χ0v) is 31.7. The molecular weight excluding hydrogens is 709 g/mol. The molecule has 12 rings (SSSR count). The molecule has 0 fully saturated rings.